The van der Waals surface area contributed by atoms with Crippen molar-refractivity contribution in [2.45, 2.75) is 25.6 Å². The van der Waals surface area contributed by atoms with Gasteiger partial charge in [0.1, 0.15) is 5.01 Å². The Bertz CT molecular complexity index is 630. The molecule has 0 spiro atoms. The van der Waals surface area contributed by atoms with Crippen LogP contribution in [0.4, 0.5) is 23.7 Å². The van der Waals surface area contributed by atoms with E-state index in [1.807, 2.05) is 0 Å². The largest absolute Gasteiger partial charge is 0.434 e. The number of halogens is 3. The summed E-state index contributed by atoms with van der Waals surface area (Å²) in [5, 5.41) is 6.35. The number of hydrogen-bond donors (Lipinski definition) is 2. The van der Waals surface area contributed by atoms with Gasteiger partial charge in [-0.2, -0.15) is 13.2 Å². The zero-order valence-electron chi connectivity index (χ0n) is 11.5. The Kier molecular flexibility index (Phi) is 4.96. The number of aromatic nitrogens is 2. The first-order valence-corrected chi connectivity index (χ1v) is 7.28. The fourth-order valence-electron chi connectivity index (χ4n) is 1.68. The van der Waals surface area contributed by atoms with Crippen molar-refractivity contribution in [1.29, 1.82) is 0 Å². The maximum Gasteiger partial charge on any atom is 0.434 e. The Morgan fingerprint density at radius 1 is 1.36 bits per heavy atom. The summed E-state index contributed by atoms with van der Waals surface area (Å²) < 4.78 is 37.7. The molecule has 1 atom stereocenters. The van der Waals surface area contributed by atoms with Crippen molar-refractivity contribution in [3.63, 3.8) is 0 Å². The van der Waals surface area contributed by atoms with Gasteiger partial charge in [-0.05, 0) is 18.6 Å². The molecule has 2 N–H and O–H groups in total. The van der Waals surface area contributed by atoms with Crippen LogP contribution in [0.25, 0.3) is 0 Å². The summed E-state index contributed by atoms with van der Waals surface area (Å²) in [6.45, 7) is 1.76. The van der Waals surface area contributed by atoms with E-state index in [0.29, 0.717) is 12.1 Å². The van der Waals surface area contributed by atoms with Gasteiger partial charge in [-0.15, -0.1) is 11.3 Å². The maximum atomic E-state index is 12.6. The van der Waals surface area contributed by atoms with E-state index in [1.165, 1.54) is 12.4 Å². The normalized spacial score (nSPS) is 12.7. The number of carbonyl (C=O) groups excluding carboxylic acids is 1. The molecule has 0 bridgehead atoms. The fourth-order valence-corrected chi connectivity index (χ4v) is 2.64. The Labute approximate surface area is 128 Å². The summed E-state index contributed by atoms with van der Waals surface area (Å²) in [4.78, 5) is 19.2. The number of hydrogen-bond acceptors (Lipinski definition) is 4. The number of carbonyl (C=O) groups is 1. The molecule has 2 heterocycles. The van der Waals surface area contributed by atoms with Crippen molar-refractivity contribution >= 4 is 23.1 Å². The summed E-state index contributed by atoms with van der Waals surface area (Å²) >= 11 is 0.874. The van der Waals surface area contributed by atoms with Crippen LogP contribution in [0.2, 0.25) is 0 Å². The van der Waals surface area contributed by atoms with Crippen molar-refractivity contribution in [2.75, 3.05) is 5.32 Å². The second-order valence-electron chi connectivity index (χ2n) is 4.36. The number of thiazole rings is 1. The molecule has 0 aliphatic heterocycles. The average Bonchev–Trinajstić information content (AvgIpc) is 2.95. The third kappa shape index (κ3) is 4.17. The molecule has 0 unspecified atom stereocenters. The SMILES string of the molecule is CC[C@@H](NC(=O)Nc1ccncc1)c1nc(C(F)(F)F)cs1. The quantitative estimate of drug-likeness (QED) is 0.895. The van der Waals surface area contributed by atoms with Crippen molar-refractivity contribution in [2.24, 2.45) is 0 Å². The van der Waals surface area contributed by atoms with E-state index in [9.17, 15) is 18.0 Å². The van der Waals surface area contributed by atoms with E-state index in [-0.39, 0.29) is 5.01 Å². The minimum absolute atomic E-state index is 0.222. The Morgan fingerprint density at radius 2 is 2.05 bits per heavy atom. The molecular formula is C13H13F3N4OS. The molecule has 2 aromatic rings. The first-order chi connectivity index (χ1) is 10.4. The third-order valence-corrected chi connectivity index (χ3v) is 3.72. The predicted octanol–water partition coefficient (Wildman–Crippen LogP) is 3.83. The van der Waals surface area contributed by atoms with E-state index < -0.39 is 23.9 Å². The van der Waals surface area contributed by atoms with Gasteiger partial charge in [-0.3, -0.25) is 4.98 Å². The smallest absolute Gasteiger partial charge is 0.329 e. The van der Waals surface area contributed by atoms with Gasteiger partial charge in [0, 0.05) is 23.5 Å². The van der Waals surface area contributed by atoms with E-state index in [1.54, 1.807) is 19.1 Å². The zero-order valence-corrected chi connectivity index (χ0v) is 12.3. The van der Waals surface area contributed by atoms with Crippen LogP contribution in [0.15, 0.2) is 29.9 Å². The van der Waals surface area contributed by atoms with E-state index in [2.05, 4.69) is 20.6 Å². The lowest BCUT2D eigenvalue weighted by molar-refractivity contribution is -0.140. The summed E-state index contributed by atoms with van der Waals surface area (Å²) in [5.41, 5.74) is -0.403. The van der Waals surface area contributed by atoms with Gasteiger partial charge in [0.25, 0.3) is 0 Å². The van der Waals surface area contributed by atoms with Gasteiger partial charge >= 0.3 is 12.2 Å². The number of nitrogens with one attached hydrogen (secondary N) is 2. The molecule has 0 aliphatic carbocycles. The molecule has 0 saturated carbocycles. The summed E-state index contributed by atoms with van der Waals surface area (Å²) in [5.74, 6) is 0. The molecular weight excluding hydrogens is 317 g/mol. The molecule has 22 heavy (non-hydrogen) atoms. The number of rotatable bonds is 4. The van der Waals surface area contributed by atoms with E-state index in [4.69, 9.17) is 0 Å². The summed E-state index contributed by atoms with van der Waals surface area (Å²) in [6.07, 6.45) is -1.02. The monoisotopic (exact) mass is 330 g/mol. The van der Waals surface area contributed by atoms with Gasteiger partial charge in [-0.25, -0.2) is 9.78 Å². The van der Waals surface area contributed by atoms with Crippen LogP contribution >= 0.6 is 11.3 Å². The van der Waals surface area contributed by atoms with Gasteiger partial charge < -0.3 is 10.6 Å². The van der Waals surface area contributed by atoms with Crippen molar-refractivity contribution in [3.05, 3.63) is 40.6 Å². The number of anilines is 1. The molecule has 5 nitrogen and oxygen atoms in total. The number of amides is 2. The van der Waals surface area contributed by atoms with Crippen molar-refractivity contribution in [1.82, 2.24) is 15.3 Å². The van der Waals surface area contributed by atoms with E-state index in [0.717, 1.165) is 16.7 Å². The minimum Gasteiger partial charge on any atom is -0.329 e. The van der Waals surface area contributed by atoms with Crippen LogP contribution in [-0.2, 0) is 6.18 Å². The first-order valence-electron chi connectivity index (χ1n) is 6.40. The average molecular weight is 330 g/mol. The first kappa shape index (κ1) is 16.2. The lowest BCUT2D eigenvalue weighted by Crippen LogP contribution is -2.32. The summed E-state index contributed by atoms with van der Waals surface area (Å²) in [7, 11) is 0. The molecule has 2 amide bonds. The molecule has 0 aromatic carbocycles. The molecule has 2 rings (SSSR count). The minimum atomic E-state index is -4.48. The van der Waals surface area contributed by atoms with Crippen LogP contribution in [-0.4, -0.2) is 16.0 Å². The molecule has 9 heteroatoms. The number of alkyl halides is 3. The van der Waals surface area contributed by atoms with E-state index >= 15 is 0 Å². The highest BCUT2D eigenvalue weighted by Gasteiger charge is 2.34. The molecule has 118 valence electrons. The van der Waals surface area contributed by atoms with Crippen molar-refractivity contribution < 1.29 is 18.0 Å². The molecule has 0 saturated heterocycles. The van der Waals surface area contributed by atoms with Crippen LogP contribution in [0.1, 0.15) is 30.1 Å². The molecule has 2 aromatic heterocycles. The number of pyridine rings is 1. The van der Waals surface area contributed by atoms with Gasteiger partial charge in [0.05, 0.1) is 6.04 Å². The second-order valence-corrected chi connectivity index (χ2v) is 5.25. The van der Waals surface area contributed by atoms with Crippen LogP contribution < -0.4 is 10.6 Å². The van der Waals surface area contributed by atoms with Gasteiger partial charge in [0.15, 0.2) is 5.69 Å². The van der Waals surface area contributed by atoms with Crippen molar-refractivity contribution in [3.8, 4) is 0 Å². The summed E-state index contributed by atoms with van der Waals surface area (Å²) in [6, 6.07) is 2.11. The Balaban J connectivity index is 2.03. The molecule has 0 aliphatic rings. The van der Waals surface area contributed by atoms with Gasteiger partial charge in [-0.1, -0.05) is 6.92 Å². The van der Waals surface area contributed by atoms with Crippen LogP contribution in [0.5, 0.6) is 0 Å². The highest BCUT2D eigenvalue weighted by Crippen LogP contribution is 2.32. The van der Waals surface area contributed by atoms with Gasteiger partial charge in [0.2, 0.25) is 0 Å². The standard InChI is InChI=1S/C13H13F3N4OS/c1-2-9(11-20-10(7-22-11)13(14,15)16)19-12(21)18-8-3-5-17-6-4-8/h3-7,9H,2H2,1H3,(H2,17,18,19,21)/t9-/m1/s1. The lowest BCUT2D eigenvalue weighted by atomic mass is 10.2. The zero-order chi connectivity index (χ0) is 16.2. The molecule has 0 radical (unpaired) electrons. The second kappa shape index (κ2) is 6.73. The topological polar surface area (TPSA) is 66.9 Å². The predicted molar refractivity (Wildman–Crippen MR) is 76.5 cm³/mol. The highest BCUT2D eigenvalue weighted by atomic mass is 32.1. The lowest BCUT2D eigenvalue weighted by Gasteiger charge is -2.15. The maximum absolute atomic E-state index is 12.6. The third-order valence-electron chi connectivity index (χ3n) is 2.76. The number of nitrogens with zero attached hydrogens (tertiary/aromatic N) is 2. The Morgan fingerprint density at radius 3 is 2.59 bits per heavy atom. The fraction of sp³-hybridized carbons (Fsp3) is 0.308. The molecule has 0 fully saturated rings. The van der Waals surface area contributed by atoms with Crippen LogP contribution in [0.3, 0.4) is 0 Å². The van der Waals surface area contributed by atoms with Crippen LogP contribution in [0, 0.1) is 0 Å². The number of urea groups is 1. The Hall–Kier alpha value is -2.16. The highest BCUT2D eigenvalue weighted by molar-refractivity contribution is 7.09.